The van der Waals surface area contributed by atoms with Gasteiger partial charge in [0, 0.05) is 22.9 Å². The highest BCUT2D eigenvalue weighted by molar-refractivity contribution is 6.13. The number of hydrogen-bond donors (Lipinski definition) is 1. The molecule has 0 saturated heterocycles. The SMILES string of the molecule is C=C/C(=C\C=N)c1cc(C(=C/C)/C=C(\C=C)c2cc3ccccc3c3ccccc23)cc(-c2nc(-c3ccccc3)nc(-c3ccccc3)n2)c1. The fourth-order valence-electron chi connectivity index (χ4n) is 6.44. The van der Waals surface area contributed by atoms with E-state index in [1.54, 1.807) is 12.2 Å². The molecule has 51 heavy (non-hydrogen) atoms. The van der Waals surface area contributed by atoms with Crippen molar-refractivity contribution in [3.63, 3.8) is 0 Å². The van der Waals surface area contributed by atoms with Crippen molar-refractivity contribution in [2.24, 2.45) is 0 Å². The number of allylic oxidation sites excluding steroid dienone is 8. The molecule has 1 aromatic heterocycles. The lowest BCUT2D eigenvalue weighted by Gasteiger charge is -2.15. The van der Waals surface area contributed by atoms with Crippen LogP contribution >= 0.6 is 0 Å². The number of benzene rings is 6. The highest BCUT2D eigenvalue weighted by Gasteiger charge is 2.16. The molecule has 4 nitrogen and oxygen atoms in total. The summed E-state index contributed by atoms with van der Waals surface area (Å²) in [5, 5.41) is 12.6. The summed E-state index contributed by atoms with van der Waals surface area (Å²) in [5.41, 5.74) is 8.43. The van der Waals surface area contributed by atoms with Gasteiger partial charge in [-0.2, -0.15) is 0 Å². The summed E-state index contributed by atoms with van der Waals surface area (Å²) in [6, 6.07) is 45.5. The molecule has 0 aliphatic rings. The summed E-state index contributed by atoms with van der Waals surface area (Å²) in [5.74, 6) is 1.73. The third-order valence-electron chi connectivity index (χ3n) is 8.96. The molecule has 0 spiro atoms. The van der Waals surface area contributed by atoms with Crippen molar-refractivity contribution in [3.8, 4) is 34.2 Å². The van der Waals surface area contributed by atoms with Gasteiger partial charge in [-0.3, -0.25) is 0 Å². The second-order valence-corrected chi connectivity index (χ2v) is 12.1. The molecular formula is C47H36N4. The number of rotatable bonds is 10. The molecule has 7 aromatic rings. The Morgan fingerprint density at radius 1 is 0.529 bits per heavy atom. The van der Waals surface area contributed by atoms with E-state index in [0.717, 1.165) is 50.1 Å². The van der Waals surface area contributed by atoms with Crippen molar-refractivity contribution in [2.75, 3.05) is 0 Å². The van der Waals surface area contributed by atoms with E-state index < -0.39 is 0 Å². The Morgan fingerprint density at radius 3 is 1.61 bits per heavy atom. The summed E-state index contributed by atoms with van der Waals surface area (Å²) in [7, 11) is 0. The van der Waals surface area contributed by atoms with Gasteiger partial charge in [0.25, 0.3) is 0 Å². The van der Waals surface area contributed by atoms with E-state index >= 15 is 0 Å². The molecule has 1 N–H and O–H groups in total. The fraction of sp³-hybridized carbons (Fsp3) is 0.0213. The molecule has 0 aliphatic heterocycles. The minimum absolute atomic E-state index is 0.549. The number of fused-ring (bicyclic) bond motifs is 3. The van der Waals surface area contributed by atoms with Crippen LogP contribution in [0.4, 0.5) is 0 Å². The Morgan fingerprint density at radius 2 is 1.04 bits per heavy atom. The Hall–Kier alpha value is -6.78. The van der Waals surface area contributed by atoms with Gasteiger partial charge in [0.1, 0.15) is 0 Å². The van der Waals surface area contributed by atoms with E-state index in [-0.39, 0.29) is 0 Å². The lowest BCUT2D eigenvalue weighted by Crippen LogP contribution is -2.01. The summed E-state index contributed by atoms with van der Waals surface area (Å²) in [6.07, 6.45) is 11.0. The molecule has 0 atom stereocenters. The van der Waals surface area contributed by atoms with Gasteiger partial charge in [-0.25, -0.2) is 15.0 Å². The fourth-order valence-corrected chi connectivity index (χ4v) is 6.44. The van der Waals surface area contributed by atoms with Gasteiger partial charge in [0.15, 0.2) is 17.5 Å². The van der Waals surface area contributed by atoms with Gasteiger partial charge in [0.2, 0.25) is 0 Å². The number of aromatic nitrogens is 3. The van der Waals surface area contributed by atoms with Crippen LogP contribution in [0.15, 0.2) is 177 Å². The van der Waals surface area contributed by atoms with E-state index in [2.05, 4.69) is 98.1 Å². The lowest BCUT2D eigenvalue weighted by molar-refractivity contribution is 1.07. The average Bonchev–Trinajstić information content (AvgIpc) is 3.20. The molecule has 0 bridgehead atoms. The van der Waals surface area contributed by atoms with Crippen molar-refractivity contribution in [1.29, 1.82) is 5.41 Å². The number of nitrogens with zero attached hydrogens (tertiary/aromatic N) is 3. The molecular weight excluding hydrogens is 621 g/mol. The van der Waals surface area contributed by atoms with Crippen LogP contribution in [0.2, 0.25) is 0 Å². The molecule has 0 aliphatic carbocycles. The zero-order valence-corrected chi connectivity index (χ0v) is 28.4. The van der Waals surface area contributed by atoms with Gasteiger partial charge in [-0.15, -0.1) is 0 Å². The zero-order valence-electron chi connectivity index (χ0n) is 28.4. The van der Waals surface area contributed by atoms with Crippen LogP contribution < -0.4 is 0 Å². The normalized spacial score (nSPS) is 12.2. The maximum atomic E-state index is 7.85. The molecule has 0 fully saturated rings. The smallest absolute Gasteiger partial charge is 0.164 e. The van der Waals surface area contributed by atoms with Gasteiger partial charge in [0.05, 0.1) is 0 Å². The van der Waals surface area contributed by atoms with Gasteiger partial charge in [-0.1, -0.05) is 141 Å². The summed E-state index contributed by atoms with van der Waals surface area (Å²) in [4.78, 5) is 14.9. The quantitative estimate of drug-likeness (QED) is 0.0905. The standard InChI is InChI=1S/C47H36N4/c1-4-32(25-26-48)38-28-39(33(5-2)27-34(6-3)44-31-37-21-13-14-22-41(37)42-23-15-16-24-43(42)44)30-40(29-38)47-50-45(35-17-9-7-10-18-35)49-46(51-47)36-19-11-8-12-20-36/h4-31,48H,1,3H2,2H3/b32-25+,33-5+,34-27+,48-26?. The predicted molar refractivity (Wildman–Crippen MR) is 216 cm³/mol. The highest BCUT2D eigenvalue weighted by Crippen LogP contribution is 2.36. The highest BCUT2D eigenvalue weighted by atomic mass is 15.0. The summed E-state index contributed by atoms with van der Waals surface area (Å²) < 4.78 is 0. The van der Waals surface area contributed by atoms with Crippen LogP contribution in [-0.4, -0.2) is 21.2 Å². The second-order valence-electron chi connectivity index (χ2n) is 12.1. The maximum Gasteiger partial charge on any atom is 0.164 e. The second kappa shape index (κ2) is 14.8. The van der Waals surface area contributed by atoms with E-state index in [9.17, 15) is 0 Å². The van der Waals surface area contributed by atoms with Crippen LogP contribution in [-0.2, 0) is 0 Å². The third-order valence-corrected chi connectivity index (χ3v) is 8.96. The molecule has 0 saturated carbocycles. The molecule has 0 unspecified atom stereocenters. The Labute approximate surface area is 298 Å². The minimum atomic E-state index is 0.549. The van der Waals surface area contributed by atoms with Gasteiger partial charge in [-0.05, 0) is 98.3 Å². The van der Waals surface area contributed by atoms with Crippen molar-refractivity contribution >= 4 is 44.5 Å². The Bertz CT molecular complexity index is 2460. The third kappa shape index (κ3) is 6.76. The van der Waals surface area contributed by atoms with E-state index in [0.29, 0.717) is 17.5 Å². The summed E-state index contributed by atoms with van der Waals surface area (Å²) >= 11 is 0. The van der Waals surface area contributed by atoms with Crippen LogP contribution in [0, 0.1) is 5.41 Å². The maximum absolute atomic E-state index is 7.85. The first kappa shape index (κ1) is 32.8. The Kier molecular flexibility index (Phi) is 9.49. The molecule has 244 valence electrons. The molecule has 1 heterocycles. The predicted octanol–water partition coefficient (Wildman–Crippen LogP) is 12.1. The van der Waals surface area contributed by atoms with E-state index in [4.69, 9.17) is 20.4 Å². The molecule has 4 heteroatoms. The van der Waals surface area contributed by atoms with E-state index in [1.165, 1.54) is 27.8 Å². The van der Waals surface area contributed by atoms with Crippen molar-refractivity contribution < 1.29 is 0 Å². The molecule has 6 aromatic carbocycles. The molecule has 7 rings (SSSR count). The van der Waals surface area contributed by atoms with E-state index in [1.807, 2.05) is 73.7 Å². The summed E-state index contributed by atoms with van der Waals surface area (Å²) in [6.45, 7) is 10.4. The first-order chi connectivity index (χ1) is 25.1. The van der Waals surface area contributed by atoms with Gasteiger partial charge >= 0.3 is 0 Å². The van der Waals surface area contributed by atoms with Crippen molar-refractivity contribution in [1.82, 2.24) is 15.0 Å². The minimum Gasteiger partial charge on any atom is -0.309 e. The largest absolute Gasteiger partial charge is 0.309 e. The molecule has 0 amide bonds. The number of hydrogen-bond acceptors (Lipinski definition) is 4. The first-order valence-corrected chi connectivity index (χ1v) is 16.9. The average molecular weight is 657 g/mol. The Balaban J connectivity index is 1.44. The molecule has 0 radical (unpaired) electrons. The lowest BCUT2D eigenvalue weighted by atomic mass is 9.90. The monoisotopic (exact) mass is 656 g/mol. The van der Waals surface area contributed by atoms with Crippen LogP contribution in [0.5, 0.6) is 0 Å². The van der Waals surface area contributed by atoms with Gasteiger partial charge < -0.3 is 5.41 Å². The zero-order chi connectivity index (χ0) is 35.2. The van der Waals surface area contributed by atoms with Crippen LogP contribution in [0.25, 0.3) is 72.4 Å². The topological polar surface area (TPSA) is 62.5 Å². The first-order valence-electron chi connectivity index (χ1n) is 16.9. The van der Waals surface area contributed by atoms with Crippen molar-refractivity contribution in [3.05, 3.63) is 194 Å². The van der Waals surface area contributed by atoms with Crippen molar-refractivity contribution in [2.45, 2.75) is 6.92 Å². The van der Waals surface area contributed by atoms with Crippen LogP contribution in [0.3, 0.4) is 0 Å². The van der Waals surface area contributed by atoms with Crippen LogP contribution in [0.1, 0.15) is 23.6 Å². The number of nitrogens with one attached hydrogen (secondary N) is 1.